The van der Waals surface area contributed by atoms with Crippen molar-refractivity contribution in [3.63, 3.8) is 0 Å². The molecule has 0 amide bonds. The van der Waals surface area contributed by atoms with Crippen LogP contribution in [0.1, 0.15) is 19.7 Å². The molecule has 6 nitrogen and oxygen atoms in total. The molecule has 0 aliphatic heterocycles. The van der Waals surface area contributed by atoms with Gasteiger partial charge in [-0.3, -0.25) is 0 Å². The number of fused-ring (bicyclic) bond motifs is 1. The molecule has 0 spiro atoms. The van der Waals surface area contributed by atoms with Crippen molar-refractivity contribution < 1.29 is 14.0 Å². The van der Waals surface area contributed by atoms with Gasteiger partial charge in [-0.2, -0.15) is 4.98 Å². The van der Waals surface area contributed by atoms with Crippen LogP contribution in [0.15, 0.2) is 28.8 Å². The van der Waals surface area contributed by atoms with E-state index in [2.05, 4.69) is 29.0 Å². The van der Waals surface area contributed by atoms with E-state index < -0.39 is 0 Å². The molecule has 6 heteroatoms. The summed E-state index contributed by atoms with van der Waals surface area (Å²) in [5.41, 5.74) is 1.52. The van der Waals surface area contributed by atoms with E-state index in [9.17, 15) is 0 Å². The molecule has 0 bridgehead atoms. The maximum absolute atomic E-state index is 5.39. The van der Waals surface area contributed by atoms with Crippen molar-refractivity contribution in [1.82, 2.24) is 15.1 Å². The Labute approximate surface area is 134 Å². The molecule has 0 fully saturated rings. The number of hydrogen-bond acceptors (Lipinski definition) is 6. The van der Waals surface area contributed by atoms with Gasteiger partial charge in [0.05, 0.1) is 25.3 Å². The molecular weight excluding hydrogens is 294 g/mol. The van der Waals surface area contributed by atoms with Crippen molar-refractivity contribution in [2.24, 2.45) is 5.92 Å². The van der Waals surface area contributed by atoms with Gasteiger partial charge in [-0.15, -0.1) is 0 Å². The summed E-state index contributed by atoms with van der Waals surface area (Å²) >= 11 is 0. The van der Waals surface area contributed by atoms with Crippen molar-refractivity contribution in [3.05, 3.63) is 30.2 Å². The number of nitrogens with zero attached hydrogens (tertiary/aromatic N) is 3. The summed E-state index contributed by atoms with van der Waals surface area (Å²) in [6.45, 7) is 4.21. The van der Waals surface area contributed by atoms with E-state index in [0.717, 1.165) is 23.1 Å². The Hall–Kier alpha value is -2.63. The highest BCUT2D eigenvalue weighted by Crippen LogP contribution is 2.31. The summed E-state index contributed by atoms with van der Waals surface area (Å²) in [5.74, 6) is 2.78. The number of pyridine rings is 1. The number of ether oxygens (including phenoxy) is 2. The molecule has 23 heavy (non-hydrogen) atoms. The smallest absolute Gasteiger partial charge is 0.227 e. The van der Waals surface area contributed by atoms with E-state index in [1.807, 2.05) is 24.3 Å². The zero-order valence-electron chi connectivity index (χ0n) is 13.7. The van der Waals surface area contributed by atoms with Crippen molar-refractivity contribution >= 4 is 10.9 Å². The van der Waals surface area contributed by atoms with Gasteiger partial charge in [-0.1, -0.05) is 19.0 Å². The van der Waals surface area contributed by atoms with Gasteiger partial charge in [0.1, 0.15) is 5.75 Å². The highest BCUT2D eigenvalue weighted by atomic mass is 16.5. The lowest BCUT2D eigenvalue weighted by Gasteiger charge is -2.07. The molecule has 0 radical (unpaired) electrons. The summed E-state index contributed by atoms with van der Waals surface area (Å²) < 4.78 is 16.0. The molecular formula is C17H19N3O3. The fourth-order valence-corrected chi connectivity index (χ4v) is 2.38. The zero-order valence-corrected chi connectivity index (χ0v) is 13.7. The van der Waals surface area contributed by atoms with Crippen LogP contribution in [0.3, 0.4) is 0 Å². The first-order chi connectivity index (χ1) is 11.1. The van der Waals surface area contributed by atoms with Crippen LogP contribution in [0.25, 0.3) is 22.3 Å². The van der Waals surface area contributed by atoms with Gasteiger partial charge in [0.15, 0.2) is 0 Å². The molecule has 0 aliphatic rings. The van der Waals surface area contributed by atoms with Crippen molar-refractivity contribution in [2.75, 3.05) is 14.2 Å². The maximum atomic E-state index is 5.39. The molecule has 0 atom stereocenters. The minimum atomic E-state index is 0.448. The SMILES string of the molecule is COc1ccc2nc(OC)c(-c3noc(CC(C)C)n3)cc2c1. The Morgan fingerprint density at radius 2 is 1.91 bits per heavy atom. The second kappa shape index (κ2) is 6.24. The Kier molecular flexibility index (Phi) is 4.14. The maximum Gasteiger partial charge on any atom is 0.227 e. The summed E-state index contributed by atoms with van der Waals surface area (Å²) in [6.07, 6.45) is 0.740. The average molecular weight is 313 g/mol. The highest BCUT2D eigenvalue weighted by Gasteiger charge is 2.16. The van der Waals surface area contributed by atoms with Gasteiger partial charge in [0, 0.05) is 11.8 Å². The standard InChI is InChI=1S/C17H19N3O3/c1-10(2)7-15-19-16(20-23-15)13-9-11-8-12(21-3)5-6-14(11)18-17(13)22-4/h5-6,8-10H,7H2,1-4H3. The van der Waals surface area contributed by atoms with Crippen molar-refractivity contribution in [2.45, 2.75) is 20.3 Å². The topological polar surface area (TPSA) is 70.3 Å². The Bertz CT molecular complexity index is 827. The second-order valence-corrected chi connectivity index (χ2v) is 5.71. The lowest BCUT2D eigenvalue weighted by molar-refractivity contribution is 0.362. The van der Waals surface area contributed by atoms with Gasteiger partial charge in [-0.05, 0) is 30.2 Å². The second-order valence-electron chi connectivity index (χ2n) is 5.71. The fraction of sp³-hybridized carbons (Fsp3) is 0.353. The van der Waals surface area contributed by atoms with Gasteiger partial charge >= 0.3 is 0 Å². The summed E-state index contributed by atoms with van der Waals surface area (Å²) in [7, 11) is 3.21. The normalized spacial score (nSPS) is 11.2. The first-order valence-corrected chi connectivity index (χ1v) is 7.46. The number of aromatic nitrogens is 3. The molecule has 0 saturated heterocycles. The van der Waals surface area contributed by atoms with Crippen LogP contribution in [0.2, 0.25) is 0 Å². The summed E-state index contributed by atoms with van der Waals surface area (Å²) in [5, 5.41) is 4.99. The molecule has 0 unspecified atom stereocenters. The number of methoxy groups -OCH3 is 2. The third kappa shape index (κ3) is 3.11. The lowest BCUT2D eigenvalue weighted by Crippen LogP contribution is -1.96. The van der Waals surface area contributed by atoms with E-state index in [4.69, 9.17) is 14.0 Å². The predicted molar refractivity (Wildman–Crippen MR) is 86.7 cm³/mol. The van der Waals surface area contributed by atoms with E-state index in [1.54, 1.807) is 14.2 Å². The third-order valence-corrected chi connectivity index (χ3v) is 3.47. The molecule has 3 rings (SSSR count). The lowest BCUT2D eigenvalue weighted by atomic mass is 10.1. The first kappa shape index (κ1) is 15.3. The minimum Gasteiger partial charge on any atom is -0.497 e. The van der Waals surface area contributed by atoms with Crippen LogP contribution >= 0.6 is 0 Å². The molecule has 2 aromatic heterocycles. The molecule has 1 aromatic carbocycles. The molecule has 3 aromatic rings. The van der Waals surface area contributed by atoms with Crippen LogP contribution in [-0.2, 0) is 6.42 Å². The molecule has 0 saturated carbocycles. The minimum absolute atomic E-state index is 0.448. The monoisotopic (exact) mass is 313 g/mol. The van der Waals surface area contributed by atoms with Gasteiger partial charge < -0.3 is 14.0 Å². The van der Waals surface area contributed by atoms with Gasteiger partial charge in [0.25, 0.3) is 0 Å². The van der Waals surface area contributed by atoms with E-state index in [0.29, 0.717) is 29.1 Å². The zero-order chi connectivity index (χ0) is 16.4. The number of hydrogen-bond donors (Lipinski definition) is 0. The predicted octanol–water partition coefficient (Wildman–Crippen LogP) is 3.50. The van der Waals surface area contributed by atoms with Gasteiger partial charge in [0.2, 0.25) is 17.6 Å². The quantitative estimate of drug-likeness (QED) is 0.718. The number of rotatable bonds is 5. The Morgan fingerprint density at radius 1 is 1.09 bits per heavy atom. The Morgan fingerprint density at radius 3 is 2.61 bits per heavy atom. The molecule has 0 aliphatic carbocycles. The van der Waals surface area contributed by atoms with E-state index in [1.165, 1.54) is 0 Å². The Balaban J connectivity index is 2.09. The van der Waals surface area contributed by atoms with Crippen molar-refractivity contribution in [1.29, 1.82) is 0 Å². The fourth-order valence-electron chi connectivity index (χ4n) is 2.38. The van der Waals surface area contributed by atoms with Crippen LogP contribution < -0.4 is 9.47 Å². The average Bonchev–Trinajstić information content (AvgIpc) is 3.00. The van der Waals surface area contributed by atoms with Gasteiger partial charge in [-0.25, -0.2) is 4.98 Å². The van der Waals surface area contributed by atoms with Crippen LogP contribution in [-0.4, -0.2) is 29.3 Å². The largest absolute Gasteiger partial charge is 0.497 e. The first-order valence-electron chi connectivity index (χ1n) is 7.46. The van der Waals surface area contributed by atoms with Crippen LogP contribution in [0, 0.1) is 5.92 Å². The van der Waals surface area contributed by atoms with E-state index in [-0.39, 0.29) is 0 Å². The van der Waals surface area contributed by atoms with Crippen LogP contribution in [0.4, 0.5) is 0 Å². The van der Waals surface area contributed by atoms with Crippen molar-refractivity contribution in [3.8, 4) is 23.0 Å². The summed E-state index contributed by atoms with van der Waals surface area (Å²) in [4.78, 5) is 8.97. The third-order valence-electron chi connectivity index (χ3n) is 3.47. The van der Waals surface area contributed by atoms with E-state index >= 15 is 0 Å². The molecule has 0 N–H and O–H groups in total. The molecule has 2 heterocycles. The number of benzene rings is 1. The highest BCUT2D eigenvalue weighted by molar-refractivity contribution is 5.86. The summed E-state index contributed by atoms with van der Waals surface area (Å²) in [6, 6.07) is 7.61. The van der Waals surface area contributed by atoms with Crippen LogP contribution in [0.5, 0.6) is 11.6 Å². The molecule has 120 valence electrons.